The Balaban J connectivity index is 1.56. The molecular formula is C11H15N7O7S. The second kappa shape index (κ2) is 6.85. The van der Waals surface area contributed by atoms with Crippen molar-refractivity contribution < 1.29 is 31.6 Å². The monoisotopic (exact) mass is 389 g/mol. The molecule has 15 heteroatoms. The first-order chi connectivity index (χ1) is 12.2. The van der Waals surface area contributed by atoms with Crippen LogP contribution in [0.25, 0.3) is 0 Å². The van der Waals surface area contributed by atoms with Crippen LogP contribution in [0.4, 0.5) is 4.79 Å². The molecule has 142 valence electrons. The number of piperidine rings is 1. The van der Waals surface area contributed by atoms with Crippen molar-refractivity contribution in [2.24, 2.45) is 0 Å². The molecule has 0 radical (unpaired) electrons. The number of amides is 4. The number of nitrogens with one attached hydrogen (secondary N) is 2. The van der Waals surface area contributed by atoms with Gasteiger partial charge in [-0.05, 0) is 12.8 Å². The second-order valence-corrected chi connectivity index (χ2v) is 6.61. The summed E-state index contributed by atoms with van der Waals surface area (Å²) in [6.45, 7) is -0.157. The fourth-order valence-electron chi connectivity index (χ4n) is 2.81. The van der Waals surface area contributed by atoms with E-state index in [0.29, 0.717) is 5.06 Å². The van der Waals surface area contributed by atoms with Gasteiger partial charge in [0.1, 0.15) is 12.6 Å². The Morgan fingerprint density at radius 3 is 2.62 bits per heavy atom. The minimum Gasteiger partial charge on any atom is -0.309 e. The Labute approximate surface area is 146 Å². The van der Waals surface area contributed by atoms with E-state index in [-0.39, 0.29) is 25.9 Å². The van der Waals surface area contributed by atoms with Crippen LogP contribution in [0, 0.1) is 0 Å². The molecule has 3 heterocycles. The highest BCUT2D eigenvalue weighted by molar-refractivity contribution is 7.80. The molecule has 2 bridgehead atoms. The van der Waals surface area contributed by atoms with Gasteiger partial charge in [-0.1, -0.05) is 0 Å². The maximum absolute atomic E-state index is 12.2. The topological polar surface area (TPSA) is 176 Å². The molecule has 0 saturated carbocycles. The van der Waals surface area contributed by atoms with Gasteiger partial charge in [0.25, 0.3) is 11.8 Å². The molecule has 2 fully saturated rings. The van der Waals surface area contributed by atoms with Crippen LogP contribution in [0.2, 0.25) is 0 Å². The summed E-state index contributed by atoms with van der Waals surface area (Å²) >= 11 is 0. The number of fused-ring (bicyclic) bond motifs is 2. The van der Waals surface area contributed by atoms with Crippen molar-refractivity contribution in [1.29, 1.82) is 0 Å². The van der Waals surface area contributed by atoms with Gasteiger partial charge in [-0.2, -0.15) is 28.5 Å². The van der Waals surface area contributed by atoms with E-state index in [2.05, 4.69) is 25.3 Å². The number of nitrogens with zero attached hydrogens (tertiary/aromatic N) is 5. The van der Waals surface area contributed by atoms with Crippen LogP contribution >= 0.6 is 0 Å². The van der Waals surface area contributed by atoms with E-state index >= 15 is 0 Å². The maximum atomic E-state index is 12.2. The lowest BCUT2D eigenvalue weighted by Gasteiger charge is -2.29. The second-order valence-electron chi connectivity index (χ2n) is 5.61. The zero-order chi connectivity index (χ0) is 18.9. The first-order valence-electron chi connectivity index (χ1n) is 7.44. The molecule has 0 aliphatic carbocycles. The fourth-order valence-corrected chi connectivity index (χ4v) is 3.20. The van der Waals surface area contributed by atoms with Gasteiger partial charge in [0.05, 0.1) is 18.4 Å². The summed E-state index contributed by atoms with van der Waals surface area (Å²) in [6.07, 6.45) is 3.29. The molecule has 26 heavy (non-hydrogen) atoms. The van der Waals surface area contributed by atoms with Crippen molar-refractivity contribution in [3.05, 3.63) is 12.4 Å². The number of carbonyl (C=O) groups excluding carboxylic acids is 3. The molecule has 1 aromatic heterocycles. The summed E-state index contributed by atoms with van der Waals surface area (Å²) in [5.74, 6) is -1.22. The summed E-state index contributed by atoms with van der Waals surface area (Å²) in [5.41, 5.74) is 4.39. The molecule has 2 aliphatic rings. The normalized spacial score (nSPS) is 22.4. The predicted octanol–water partition coefficient (Wildman–Crippen LogP) is -2.57. The van der Waals surface area contributed by atoms with E-state index in [1.54, 1.807) is 0 Å². The van der Waals surface area contributed by atoms with Gasteiger partial charge < -0.3 is 4.90 Å². The van der Waals surface area contributed by atoms with Gasteiger partial charge in [0.2, 0.25) is 0 Å². The summed E-state index contributed by atoms with van der Waals surface area (Å²) in [7, 11) is -4.86. The van der Waals surface area contributed by atoms with Crippen molar-refractivity contribution in [3.63, 3.8) is 0 Å². The van der Waals surface area contributed by atoms with Crippen molar-refractivity contribution in [2.75, 3.05) is 6.54 Å². The smallest absolute Gasteiger partial charge is 0.309 e. The Kier molecular flexibility index (Phi) is 4.75. The first-order valence-corrected chi connectivity index (χ1v) is 8.81. The average Bonchev–Trinajstić information content (AvgIpc) is 3.15. The van der Waals surface area contributed by atoms with E-state index in [1.165, 1.54) is 12.4 Å². The average molecular weight is 389 g/mol. The molecular weight excluding hydrogens is 374 g/mol. The van der Waals surface area contributed by atoms with Crippen LogP contribution in [-0.2, 0) is 30.8 Å². The number of hydrogen-bond acceptors (Lipinski definition) is 8. The number of hydrogen-bond donors (Lipinski definition) is 3. The molecule has 2 atom stereocenters. The summed E-state index contributed by atoms with van der Waals surface area (Å²) < 4.78 is 34.7. The number of hydroxylamine groups is 2. The van der Waals surface area contributed by atoms with Gasteiger partial charge in [-0.15, -0.1) is 4.28 Å². The van der Waals surface area contributed by atoms with Crippen LogP contribution in [-0.4, -0.2) is 74.4 Å². The van der Waals surface area contributed by atoms with E-state index in [1.807, 2.05) is 0 Å². The lowest BCUT2D eigenvalue weighted by molar-refractivity contribution is -0.132. The quantitative estimate of drug-likeness (QED) is 0.361. The van der Waals surface area contributed by atoms with Crippen molar-refractivity contribution in [3.8, 4) is 0 Å². The molecule has 3 rings (SSSR count). The molecule has 0 aromatic carbocycles. The Morgan fingerprint density at radius 2 is 1.96 bits per heavy atom. The SMILES string of the molecule is O=C(Cn1nccn1)NNC(=O)[C@@H]1CC[C@@H]2CN1C(=O)N2OS(=O)(=O)O. The summed E-state index contributed by atoms with van der Waals surface area (Å²) in [4.78, 5) is 38.4. The van der Waals surface area contributed by atoms with Crippen LogP contribution < -0.4 is 10.9 Å². The summed E-state index contributed by atoms with van der Waals surface area (Å²) in [6, 6.07) is -2.39. The fraction of sp³-hybridized carbons (Fsp3) is 0.545. The van der Waals surface area contributed by atoms with Crippen molar-refractivity contribution in [1.82, 2.24) is 35.8 Å². The van der Waals surface area contributed by atoms with Crippen LogP contribution in [0.5, 0.6) is 0 Å². The maximum Gasteiger partial charge on any atom is 0.418 e. The third kappa shape index (κ3) is 3.89. The Hall–Kier alpha value is -2.78. The number of hydrazine groups is 1. The lowest BCUT2D eigenvalue weighted by atomic mass is 10.0. The largest absolute Gasteiger partial charge is 0.418 e. The van der Waals surface area contributed by atoms with E-state index in [0.717, 1.165) is 9.70 Å². The van der Waals surface area contributed by atoms with Gasteiger partial charge in [-0.3, -0.25) is 25.0 Å². The summed E-state index contributed by atoms with van der Waals surface area (Å²) in [5, 5.41) is 8.02. The standard InChI is InChI=1S/C11H15N7O7S/c19-9(6-17-12-3-4-13-17)14-15-10(20)8-2-1-7-5-16(8)11(21)18(7)25-26(22,23)24/h3-4,7-8H,1-2,5-6H2,(H,14,19)(H,15,20)(H,22,23,24)/t7-,8+/m1/s1. The van der Waals surface area contributed by atoms with Gasteiger partial charge in [-0.25, -0.2) is 4.79 Å². The molecule has 2 aliphatic heterocycles. The molecule has 2 saturated heterocycles. The Bertz CT molecular complexity index is 811. The van der Waals surface area contributed by atoms with E-state index in [4.69, 9.17) is 4.55 Å². The minimum absolute atomic E-state index is 0.0532. The molecule has 4 amide bonds. The Morgan fingerprint density at radius 1 is 1.27 bits per heavy atom. The van der Waals surface area contributed by atoms with Crippen LogP contribution in [0.1, 0.15) is 12.8 Å². The molecule has 14 nitrogen and oxygen atoms in total. The minimum atomic E-state index is -4.86. The first kappa shape index (κ1) is 18.0. The van der Waals surface area contributed by atoms with Gasteiger partial charge in [0, 0.05) is 6.54 Å². The van der Waals surface area contributed by atoms with Crippen LogP contribution in [0.15, 0.2) is 12.4 Å². The third-order valence-electron chi connectivity index (χ3n) is 3.88. The van der Waals surface area contributed by atoms with E-state index in [9.17, 15) is 22.8 Å². The van der Waals surface area contributed by atoms with Gasteiger partial charge in [0.15, 0.2) is 0 Å². The number of urea groups is 1. The number of rotatable bonds is 5. The molecule has 1 aromatic rings. The van der Waals surface area contributed by atoms with E-state index < -0.39 is 40.3 Å². The third-order valence-corrected chi connectivity index (χ3v) is 4.23. The van der Waals surface area contributed by atoms with Crippen molar-refractivity contribution in [2.45, 2.75) is 31.5 Å². The molecule has 0 unspecified atom stereocenters. The zero-order valence-corrected chi connectivity index (χ0v) is 14.0. The molecule has 0 spiro atoms. The highest BCUT2D eigenvalue weighted by Gasteiger charge is 2.49. The number of aromatic nitrogens is 3. The van der Waals surface area contributed by atoms with Crippen molar-refractivity contribution >= 4 is 28.2 Å². The van der Waals surface area contributed by atoms with Gasteiger partial charge >= 0.3 is 16.4 Å². The lowest BCUT2D eigenvalue weighted by Crippen LogP contribution is -2.54. The highest BCUT2D eigenvalue weighted by atomic mass is 32.3. The molecule has 3 N–H and O–H groups in total. The van der Waals surface area contributed by atoms with Crippen LogP contribution in [0.3, 0.4) is 0 Å². The highest BCUT2D eigenvalue weighted by Crippen LogP contribution is 2.30. The number of carbonyl (C=O) groups is 3. The predicted molar refractivity (Wildman–Crippen MR) is 79.7 cm³/mol. The zero-order valence-electron chi connectivity index (χ0n) is 13.2.